The fourth-order valence-corrected chi connectivity index (χ4v) is 2.86. The Kier molecular flexibility index (Phi) is 4.93. The summed E-state index contributed by atoms with van der Waals surface area (Å²) in [5.74, 6) is -1.67. The first-order valence-electron chi connectivity index (χ1n) is 6.78. The molecule has 0 fully saturated rings. The molecule has 1 amide bonds. The van der Waals surface area contributed by atoms with Crippen LogP contribution in [0, 0.1) is 6.92 Å². The molecule has 128 valence electrons. The van der Waals surface area contributed by atoms with Gasteiger partial charge < -0.3 is 10.4 Å². The van der Waals surface area contributed by atoms with E-state index in [4.69, 9.17) is 5.11 Å². The Morgan fingerprint density at radius 1 is 1.25 bits per heavy atom. The highest BCUT2D eigenvalue weighted by molar-refractivity contribution is 7.13. The second-order valence-corrected chi connectivity index (χ2v) is 6.07. The molecule has 0 aliphatic carbocycles. The second-order valence-electron chi connectivity index (χ2n) is 5.04. The summed E-state index contributed by atoms with van der Waals surface area (Å²) in [5.41, 5.74) is -0.423. The molecule has 0 spiro atoms. The number of aryl methyl sites for hydroxylation is 1. The summed E-state index contributed by atoms with van der Waals surface area (Å²) in [4.78, 5) is 27.3. The molecule has 0 saturated carbocycles. The molecule has 1 heterocycles. The zero-order chi connectivity index (χ0) is 18.1. The van der Waals surface area contributed by atoms with Crippen molar-refractivity contribution in [2.75, 3.05) is 0 Å². The second kappa shape index (κ2) is 6.60. The van der Waals surface area contributed by atoms with Gasteiger partial charge in [0.25, 0.3) is 5.91 Å². The van der Waals surface area contributed by atoms with Crippen LogP contribution in [0.2, 0.25) is 0 Å². The van der Waals surface area contributed by atoms with E-state index in [1.807, 2.05) is 0 Å². The van der Waals surface area contributed by atoms with Gasteiger partial charge in [0.1, 0.15) is 9.88 Å². The third-order valence-corrected chi connectivity index (χ3v) is 4.53. The van der Waals surface area contributed by atoms with Crippen LogP contribution in [-0.2, 0) is 6.18 Å². The van der Waals surface area contributed by atoms with Gasteiger partial charge in [0, 0.05) is 5.56 Å². The van der Waals surface area contributed by atoms with E-state index in [1.54, 1.807) is 13.8 Å². The third-order valence-electron chi connectivity index (χ3n) is 3.20. The van der Waals surface area contributed by atoms with E-state index in [0.29, 0.717) is 10.7 Å². The minimum Gasteiger partial charge on any atom is -0.477 e. The summed E-state index contributed by atoms with van der Waals surface area (Å²) in [6, 6.07) is 3.25. The largest absolute Gasteiger partial charge is 0.477 e. The first-order valence-corrected chi connectivity index (χ1v) is 7.60. The Morgan fingerprint density at radius 3 is 2.29 bits per heavy atom. The van der Waals surface area contributed by atoms with E-state index < -0.39 is 29.7 Å². The van der Waals surface area contributed by atoms with Crippen molar-refractivity contribution >= 4 is 23.2 Å². The van der Waals surface area contributed by atoms with Gasteiger partial charge in [-0.25, -0.2) is 9.78 Å². The van der Waals surface area contributed by atoms with Crippen LogP contribution < -0.4 is 5.32 Å². The molecule has 0 radical (unpaired) electrons. The molecule has 0 saturated heterocycles. The summed E-state index contributed by atoms with van der Waals surface area (Å²) < 4.78 is 37.5. The van der Waals surface area contributed by atoms with Gasteiger partial charge in [0.2, 0.25) is 0 Å². The molecular weight excluding hydrogens is 345 g/mol. The van der Waals surface area contributed by atoms with Crippen LogP contribution in [-0.4, -0.2) is 22.0 Å². The number of alkyl halides is 3. The maximum atomic E-state index is 12.5. The Balaban J connectivity index is 2.11. The lowest BCUT2D eigenvalue weighted by molar-refractivity contribution is -0.137. The molecule has 1 aromatic heterocycles. The van der Waals surface area contributed by atoms with Gasteiger partial charge in [-0.3, -0.25) is 4.79 Å². The van der Waals surface area contributed by atoms with Crippen molar-refractivity contribution in [3.8, 4) is 0 Å². The Hall–Kier alpha value is -2.42. The van der Waals surface area contributed by atoms with E-state index in [9.17, 15) is 22.8 Å². The normalized spacial score (nSPS) is 12.7. The lowest BCUT2D eigenvalue weighted by atomic mass is 10.1. The molecule has 0 aliphatic heterocycles. The van der Waals surface area contributed by atoms with Gasteiger partial charge >= 0.3 is 12.1 Å². The molecule has 2 aromatic rings. The van der Waals surface area contributed by atoms with Crippen LogP contribution in [0.3, 0.4) is 0 Å². The molecule has 0 unspecified atom stereocenters. The zero-order valence-corrected chi connectivity index (χ0v) is 13.5. The number of amides is 1. The van der Waals surface area contributed by atoms with Crippen molar-refractivity contribution in [3.63, 3.8) is 0 Å². The number of hydrogen-bond donors (Lipinski definition) is 2. The fraction of sp³-hybridized carbons (Fsp3) is 0.267. The van der Waals surface area contributed by atoms with Crippen molar-refractivity contribution < 1.29 is 27.9 Å². The quantitative estimate of drug-likeness (QED) is 0.874. The van der Waals surface area contributed by atoms with Crippen LogP contribution in [0.25, 0.3) is 0 Å². The number of carboxylic acid groups (broad SMARTS) is 1. The molecule has 2 rings (SSSR count). The Labute approximate surface area is 139 Å². The minimum absolute atomic E-state index is 0.0709. The number of carboxylic acids is 1. The number of thiazole rings is 1. The van der Waals surface area contributed by atoms with E-state index >= 15 is 0 Å². The topological polar surface area (TPSA) is 79.3 Å². The highest BCUT2D eigenvalue weighted by Gasteiger charge is 2.30. The lowest BCUT2D eigenvalue weighted by Crippen LogP contribution is -2.26. The van der Waals surface area contributed by atoms with Gasteiger partial charge in [0.05, 0.1) is 17.3 Å². The van der Waals surface area contributed by atoms with E-state index in [0.717, 1.165) is 35.6 Å². The number of carbonyl (C=O) groups excluding carboxylic acids is 1. The highest BCUT2D eigenvalue weighted by Crippen LogP contribution is 2.29. The smallest absolute Gasteiger partial charge is 0.416 e. The zero-order valence-electron chi connectivity index (χ0n) is 12.6. The maximum Gasteiger partial charge on any atom is 0.416 e. The monoisotopic (exact) mass is 358 g/mol. The summed E-state index contributed by atoms with van der Waals surface area (Å²) in [6.07, 6.45) is -4.46. The molecule has 1 atom stereocenters. The van der Waals surface area contributed by atoms with Crippen LogP contribution in [0.1, 0.15) is 49.3 Å². The first kappa shape index (κ1) is 17.9. The predicted molar refractivity (Wildman–Crippen MR) is 81.1 cm³/mol. The first-order chi connectivity index (χ1) is 11.1. The number of nitrogens with one attached hydrogen (secondary N) is 1. The highest BCUT2D eigenvalue weighted by atomic mass is 32.1. The standard InChI is InChI=1S/C15H13F3N2O3S/c1-7-11(14(22)23)24-13(20-7)8(2)19-12(21)9-3-5-10(6-4-9)15(16,17)18/h3-6,8H,1-2H3,(H,19,21)(H,22,23)/t8-/m1/s1. The van der Waals surface area contributed by atoms with E-state index in [1.165, 1.54) is 0 Å². The van der Waals surface area contributed by atoms with Crippen LogP contribution in [0.4, 0.5) is 13.2 Å². The van der Waals surface area contributed by atoms with Gasteiger partial charge in [-0.2, -0.15) is 13.2 Å². The Morgan fingerprint density at radius 2 is 1.83 bits per heavy atom. The summed E-state index contributed by atoms with van der Waals surface area (Å²) >= 11 is 0.945. The van der Waals surface area contributed by atoms with Gasteiger partial charge in [-0.1, -0.05) is 0 Å². The van der Waals surface area contributed by atoms with Crippen molar-refractivity contribution in [2.45, 2.75) is 26.1 Å². The number of nitrogens with zero attached hydrogens (tertiary/aromatic N) is 1. The summed E-state index contributed by atoms with van der Waals surface area (Å²) in [6.45, 7) is 3.17. The molecule has 2 N–H and O–H groups in total. The maximum absolute atomic E-state index is 12.5. The lowest BCUT2D eigenvalue weighted by Gasteiger charge is -2.12. The van der Waals surface area contributed by atoms with Crippen molar-refractivity contribution in [3.05, 3.63) is 51.0 Å². The fourth-order valence-electron chi connectivity index (χ4n) is 1.95. The molecule has 5 nitrogen and oxygen atoms in total. The minimum atomic E-state index is -4.46. The molecule has 24 heavy (non-hydrogen) atoms. The number of carbonyl (C=O) groups is 2. The molecule has 0 bridgehead atoms. The van der Waals surface area contributed by atoms with Crippen LogP contribution in [0.15, 0.2) is 24.3 Å². The third kappa shape index (κ3) is 3.91. The molecule has 9 heteroatoms. The average Bonchev–Trinajstić information content (AvgIpc) is 2.88. The van der Waals surface area contributed by atoms with Crippen molar-refractivity contribution in [1.82, 2.24) is 10.3 Å². The van der Waals surface area contributed by atoms with Gasteiger partial charge in [-0.15, -0.1) is 11.3 Å². The predicted octanol–water partition coefficient (Wildman–Crippen LogP) is 3.66. The van der Waals surface area contributed by atoms with Gasteiger partial charge in [-0.05, 0) is 38.1 Å². The van der Waals surface area contributed by atoms with Crippen LogP contribution >= 0.6 is 11.3 Å². The van der Waals surface area contributed by atoms with E-state index in [2.05, 4.69) is 10.3 Å². The number of hydrogen-bond acceptors (Lipinski definition) is 4. The molecular formula is C15H13F3N2O3S. The number of rotatable bonds is 4. The number of halogens is 3. The molecule has 1 aromatic carbocycles. The van der Waals surface area contributed by atoms with Crippen molar-refractivity contribution in [2.24, 2.45) is 0 Å². The average molecular weight is 358 g/mol. The van der Waals surface area contributed by atoms with Crippen LogP contribution in [0.5, 0.6) is 0 Å². The Bertz CT molecular complexity index is 769. The van der Waals surface area contributed by atoms with E-state index in [-0.39, 0.29) is 10.4 Å². The molecule has 0 aliphatic rings. The SMILES string of the molecule is Cc1nc([C@@H](C)NC(=O)c2ccc(C(F)(F)F)cc2)sc1C(=O)O. The van der Waals surface area contributed by atoms with Gasteiger partial charge in [0.15, 0.2) is 0 Å². The number of benzene rings is 1. The number of aromatic nitrogens is 1. The summed E-state index contributed by atoms with van der Waals surface area (Å²) in [7, 11) is 0. The summed E-state index contributed by atoms with van der Waals surface area (Å²) in [5, 5.41) is 12.0. The number of aromatic carboxylic acids is 1. The van der Waals surface area contributed by atoms with Crippen molar-refractivity contribution in [1.29, 1.82) is 0 Å².